The van der Waals surface area contributed by atoms with Crippen LogP contribution in [0.15, 0.2) is 30.0 Å². The molecule has 0 unspecified atom stereocenters. The SMILES string of the molecule is N#CC(C#N)=CNc1ccc(OC(F)(F)F)cc1Cl. The monoisotopic (exact) mass is 287 g/mol. The third-order valence-corrected chi connectivity index (χ3v) is 2.10. The quantitative estimate of drug-likeness (QED) is 0.863. The molecule has 0 aromatic heterocycles. The molecule has 0 aliphatic rings. The summed E-state index contributed by atoms with van der Waals surface area (Å²) in [6.07, 6.45) is -3.71. The Morgan fingerprint density at radius 3 is 2.42 bits per heavy atom. The Balaban J connectivity index is 2.88. The van der Waals surface area contributed by atoms with Crippen molar-refractivity contribution in [2.75, 3.05) is 5.32 Å². The van der Waals surface area contributed by atoms with Crippen LogP contribution in [-0.2, 0) is 0 Å². The van der Waals surface area contributed by atoms with Gasteiger partial charge in [0.1, 0.15) is 23.5 Å². The lowest BCUT2D eigenvalue weighted by molar-refractivity contribution is -0.274. The van der Waals surface area contributed by atoms with Crippen LogP contribution in [0.1, 0.15) is 0 Å². The maximum atomic E-state index is 12.0. The molecule has 1 aromatic carbocycles. The largest absolute Gasteiger partial charge is 0.573 e. The molecule has 1 aromatic rings. The van der Waals surface area contributed by atoms with Crippen molar-refractivity contribution in [3.8, 4) is 17.9 Å². The zero-order valence-electron chi connectivity index (χ0n) is 9.12. The summed E-state index contributed by atoms with van der Waals surface area (Å²) in [5, 5.41) is 19.5. The molecule has 0 bridgehead atoms. The normalized spacial score (nSPS) is 10.0. The Morgan fingerprint density at radius 1 is 1.32 bits per heavy atom. The fraction of sp³-hybridized carbons (Fsp3) is 0.0909. The van der Waals surface area contributed by atoms with Gasteiger partial charge in [-0.3, -0.25) is 0 Å². The molecule has 19 heavy (non-hydrogen) atoms. The first-order valence-electron chi connectivity index (χ1n) is 4.68. The number of hydrogen-bond acceptors (Lipinski definition) is 4. The summed E-state index contributed by atoms with van der Waals surface area (Å²) in [6.45, 7) is 0. The number of hydrogen-bond donors (Lipinski definition) is 1. The smallest absolute Gasteiger partial charge is 0.406 e. The lowest BCUT2D eigenvalue weighted by Gasteiger charge is -2.10. The van der Waals surface area contributed by atoms with Gasteiger partial charge in [-0.2, -0.15) is 10.5 Å². The Kier molecular flexibility index (Phi) is 4.62. The molecular weight excluding hydrogens is 283 g/mol. The third kappa shape index (κ3) is 4.78. The number of alkyl halides is 3. The van der Waals surface area contributed by atoms with Gasteiger partial charge in [0, 0.05) is 12.3 Å². The zero-order valence-corrected chi connectivity index (χ0v) is 9.88. The van der Waals surface area contributed by atoms with Crippen molar-refractivity contribution in [1.29, 1.82) is 10.5 Å². The van der Waals surface area contributed by atoms with Crippen LogP contribution >= 0.6 is 11.6 Å². The summed E-state index contributed by atoms with van der Waals surface area (Å²) >= 11 is 5.72. The molecule has 4 nitrogen and oxygen atoms in total. The van der Waals surface area contributed by atoms with Crippen LogP contribution in [0.4, 0.5) is 18.9 Å². The van der Waals surface area contributed by atoms with Gasteiger partial charge in [0.2, 0.25) is 0 Å². The molecule has 98 valence electrons. The minimum Gasteiger partial charge on any atom is -0.406 e. The Bertz CT molecular complexity index is 568. The van der Waals surface area contributed by atoms with Crippen LogP contribution in [0.5, 0.6) is 5.75 Å². The fourth-order valence-electron chi connectivity index (χ4n) is 1.05. The van der Waals surface area contributed by atoms with Gasteiger partial charge < -0.3 is 10.1 Å². The van der Waals surface area contributed by atoms with Gasteiger partial charge >= 0.3 is 6.36 Å². The minimum atomic E-state index is -4.80. The van der Waals surface area contributed by atoms with Crippen molar-refractivity contribution in [3.63, 3.8) is 0 Å². The van der Waals surface area contributed by atoms with Crippen LogP contribution in [0.25, 0.3) is 0 Å². The van der Waals surface area contributed by atoms with Gasteiger partial charge in [0.25, 0.3) is 0 Å². The summed E-state index contributed by atoms with van der Waals surface area (Å²) in [7, 11) is 0. The molecule has 0 radical (unpaired) electrons. The van der Waals surface area contributed by atoms with E-state index in [4.69, 9.17) is 22.1 Å². The fourth-order valence-corrected chi connectivity index (χ4v) is 1.27. The number of ether oxygens (including phenoxy) is 1. The van der Waals surface area contributed by atoms with E-state index in [1.807, 2.05) is 0 Å². The number of nitrogens with zero attached hydrogens (tertiary/aromatic N) is 2. The molecule has 1 rings (SSSR count). The topological polar surface area (TPSA) is 68.8 Å². The predicted octanol–water partition coefficient (Wildman–Crippen LogP) is 3.58. The lowest BCUT2D eigenvalue weighted by Crippen LogP contribution is -2.17. The molecular formula is C11H5ClF3N3O. The summed E-state index contributed by atoms with van der Waals surface area (Å²) in [5.41, 5.74) is 0.0332. The van der Waals surface area contributed by atoms with E-state index in [2.05, 4.69) is 10.1 Å². The Hall–Kier alpha value is -2.38. The van der Waals surface area contributed by atoms with Crippen LogP contribution in [0.2, 0.25) is 5.02 Å². The van der Waals surface area contributed by atoms with Crippen molar-refractivity contribution in [3.05, 3.63) is 35.0 Å². The highest BCUT2D eigenvalue weighted by Crippen LogP contribution is 2.30. The van der Waals surface area contributed by atoms with Crippen molar-refractivity contribution < 1.29 is 17.9 Å². The molecule has 8 heteroatoms. The van der Waals surface area contributed by atoms with E-state index in [0.717, 1.165) is 18.3 Å². The van der Waals surface area contributed by atoms with Gasteiger partial charge in [-0.15, -0.1) is 13.2 Å². The second-order valence-corrected chi connectivity index (χ2v) is 3.52. The molecule has 1 N–H and O–H groups in total. The van der Waals surface area contributed by atoms with Crippen LogP contribution in [0.3, 0.4) is 0 Å². The molecule has 0 heterocycles. The van der Waals surface area contributed by atoms with Gasteiger partial charge in [-0.25, -0.2) is 0 Å². The Labute approximate surface area is 111 Å². The van der Waals surface area contributed by atoms with Crippen LogP contribution in [-0.4, -0.2) is 6.36 Å². The van der Waals surface area contributed by atoms with Crippen molar-refractivity contribution in [2.45, 2.75) is 6.36 Å². The van der Waals surface area contributed by atoms with E-state index in [1.54, 1.807) is 12.1 Å². The number of benzene rings is 1. The van der Waals surface area contributed by atoms with E-state index >= 15 is 0 Å². The van der Waals surface area contributed by atoms with Crippen molar-refractivity contribution in [2.24, 2.45) is 0 Å². The molecule has 0 aliphatic heterocycles. The van der Waals surface area contributed by atoms with E-state index < -0.39 is 12.1 Å². The molecule has 0 spiro atoms. The number of nitrogens with one attached hydrogen (secondary N) is 1. The Morgan fingerprint density at radius 2 is 1.95 bits per heavy atom. The average Bonchev–Trinajstić information content (AvgIpc) is 2.30. The number of halogens is 4. The molecule has 0 saturated heterocycles. The lowest BCUT2D eigenvalue weighted by atomic mass is 10.3. The van der Waals surface area contributed by atoms with Gasteiger partial charge in [0.15, 0.2) is 0 Å². The second kappa shape index (κ2) is 5.98. The van der Waals surface area contributed by atoms with E-state index in [-0.39, 0.29) is 16.3 Å². The van der Waals surface area contributed by atoms with Crippen molar-refractivity contribution >= 4 is 17.3 Å². The van der Waals surface area contributed by atoms with Crippen molar-refractivity contribution in [1.82, 2.24) is 0 Å². The highest BCUT2D eigenvalue weighted by molar-refractivity contribution is 6.33. The number of allylic oxidation sites excluding steroid dienone is 1. The van der Waals surface area contributed by atoms with Gasteiger partial charge in [-0.05, 0) is 12.1 Å². The number of rotatable bonds is 3. The number of nitriles is 2. The summed E-state index contributed by atoms with van der Waals surface area (Å²) in [6, 6.07) is 6.45. The second-order valence-electron chi connectivity index (χ2n) is 3.12. The van der Waals surface area contributed by atoms with E-state index in [0.29, 0.717) is 0 Å². The molecule has 0 fully saturated rings. The van der Waals surface area contributed by atoms with Gasteiger partial charge in [-0.1, -0.05) is 11.6 Å². The molecule has 0 saturated carbocycles. The summed E-state index contributed by atoms with van der Waals surface area (Å²) < 4.78 is 39.5. The average molecular weight is 288 g/mol. The minimum absolute atomic E-state index is 0.0479. The first kappa shape index (κ1) is 14.7. The summed E-state index contributed by atoms with van der Waals surface area (Å²) in [4.78, 5) is 0. The maximum absolute atomic E-state index is 12.0. The summed E-state index contributed by atoms with van der Waals surface area (Å²) in [5.74, 6) is -0.465. The van der Waals surface area contributed by atoms with Crippen LogP contribution < -0.4 is 10.1 Å². The standard InChI is InChI=1S/C11H5ClF3N3O/c12-9-3-8(19-11(13,14)15)1-2-10(9)18-6-7(4-16)5-17/h1-3,6,18H. The molecule has 0 amide bonds. The van der Waals surface area contributed by atoms with E-state index in [1.165, 1.54) is 6.07 Å². The van der Waals surface area contributed by atoms with E-state index in [9.17, 15) is 13.2 Å². The van der Waals surface area contributed by atoms with Crippen LogP contribution in [0, 0.1) is 22.7 Å². The number of anilines is 1. The first-order chi connectivity index (χ1) is 8.85. The molecule has 0 aliphatic carbocycles. The maximum Gasteiger partial charge on any atom is 0.573 e. The highest BCUT2D eigenvalue weighted by atomic mass is 35.5. The predicted molar refractivity (Wildman–Crippen MR) is 61.1 cm³/mol. The zero-order chi connectivity index (χ0) is 14.5. The first-order valence-corrected chi connectivity index (χ1v) is 5.05. The molecule has 0 atom stereocenters. The van der Waals surface area contributed by atoms with Gasteiger partial charge in [0.05, 0.1) is 10.7 Å². The third-order valence-electron chi connectivity index (χ3n) is 1.79. The highest BCUT2D eigenvalue weighted by Gasteiger charge is 2.31.